The van der Waals surface area contributed by atoms with Crippen LogP contribution in [0.2, 0.25) is 0 Å². The van der Waals surface area contributed by atoms with Gasteiger partial charge in [0.25, 0.3) is 5.91 Å². The zero-order chi connectivity index (χ0) is 13.3. The van der Waals surface area contributed by atoms with Crippen molar-refractivity contribution in [1.82, 2.24) is 15.5 Å². The maximum atomic E-state index is 11.9. The summed E-state index contributed by atoms with van der Waals surface area (Å²) >= 11 is 0. The molecule has 2 unspecified atom stereocenters. The van der Waals surface area contributed by atoms with Crippen molar-refractivity contribution >= 4 is 11.6 Å². The van der Waals surface area contributed by atoms with Gasteiger partial charge in [-0.05, 0) is 13.8 Å². The highest BCUT2D eigenvalue weighted by Gasteiger charge is 2.39. The van der Waals surface area contributed by atoms with Crippen LogP contribution in [0.5, 0.6) is 0 Å². The number of hydrogen-bond donors (Lipinski definition) is 4. The Labute approximate surface area is 105 Å². The van der Waals surface area contributed by atoms with Gasteiger partial charge in [-0.25, -0.2) is 0 Å². The third kappa shape index (κ3) is 2.19. The Morgan fingerprint density at radius 3 is 3.00 bits per heavy atom. The molecule has 1 aromatic rings. The standard InChI is InChI=1S/C11H18N4O3/c1-6-8(12)9(15-14-6)10(16)13-5-11(17)3-4-18-7(11)2/h7,17H,3-5,12H2,1-2H3,(H,13,16)(H,14,15). The third-order valence-electron chi connectivity index (χ3n) is 3.42. The normalized spacial score (nSPS) is 27.4. The first-order valence-electron chi connectivity index (χ1n) is 5.86. The van der Waals surface area contributed by atoms with Crippen LogP contribution in [0, 0.1) is 6.92 Å². The largest absolute Gasteiger partial charge is 0.395 e. The molecule has 7 heteroatoms. The van der Waals surface area contributed by atoms with Gasteiger partial charge < -0.3 is 20.9 Å². The van der Waals surface area contributed by atoms with E-state index >= 15 is 0 Å². The predicted molar refractivity (Wildman–Crippen MR) is 65.1 cm³/mol. The summed E-state index contributed by atoms with van der Waals surface area (Å²) in [6.07, 6.45) is 0.208. The lowest BCUT2D eigenvalue weighted by Crippen LogP contribution is -2.47. The van der Waals surface area contributed by atoms with Crippen LogP contribution in [-0.4, -0.2) is 46.1 Å². The first kappa shape index (κ1) is 12.8. The SMILES string of the molecule is Cc1[nH]nc(C(=O)NCC2(O)CCOC2C)c1N. The molecule has 1 aliphatic heterocycles. The monoisotopic (exact) mass is 254 g/mol. The van der Waals surface area contributed by atoms with Crippen molar-refractivity contribution in [2.45, 2.75) is 32.0 Å². The molecule has 2 rings (SSSR count). The molecule has 0 aromatic carbocycles. The van der Waals surface area contributed by atoms with Crippen LogP contribution < -0.4 is 11.1 Å². The van der Waals surface area contributed by atoms with E-state index in [1.165, 1.54) is 0 Å². The molecule has 1 aromatic heterocycles. The number of carbonyl (C=O) groups is 1. The van der Waals surface area contributed by atoms with Crippen molar-refractivity contribution in [1.29, 1.82) is 0 Å². The van der Waals surface area contributed by atoms with Crippen molar-refractivity contribution in [3.05, 3.63) is 11.4 Å². The number of hydrogen-bond acceptors (Lipinski definition) is 5. The number of rotatable bonds is 3. The minimum Gasteiger partial charge on any atom is -0.395 e. The first-order chi connectivity index (χ1) is 8.44. The Balaban J connectivity index is 1.99. The number of aryl methyl sites for hydroxylation is 1. The molecule has 0 bridgehead atoms. The molecular formula is C11H18N4O3. The molecule has 0 saturated carbocycles. The minimum absolute atomic E-state index is 0.123. The Kier molecular flexibility index (Phi) is 3.27. The number of ether oxygens (including phenoxy) is 1. The molecule has 0 aliphatic carbocycles. The average Bonchev–Trinajstić information content (AvgIpc) is 2.83. The number of nitrogens with two attached hydrogens (primary N) is 1. The van der Waals surface area contributed by atoms with Gasteiger partial charge in [-0.2, -0.15) is 5.10 Å². The summed E-state index contributed by atoms with van der Waals surface area (Å²) in [5.74, 6) is -0.399. The number of aliphatic hydroxyl groups is 1. The zero-order valence-corrected chi connectivity index (χ0v) is 10.5. The lowest BCUT2D eigenvalue weighted by Gasteiger charge is -2.25. The number of anilines is 1. The average molecular weight is 254 g/mol. The van der Waals surface area contributed by atoms with Crippen LogP contribution in [-0.2, 0) is 4.74 Å². The maximum Gasteiger partial charge on any atom is 0.274 e. The second-order valence-electron chi connectivity index (χ2n) is 4.66. The number of amides is 1. The van der Waals surface area contributed by atoms with Crippen molar-refractivity contribution < 1.29 is 14.6 Å². The molecule has 1 fully saturated rings. The highest BCUT2D eigenvalue weighted by Crippen LogP contribution is 2.24. The van der Waals surface area contributed by atoms with Gasteiger partial charge in [-0.1, -0.05) is 0 Å². The molecule has 18 heavy (non-hydrogen) atoms. The van der Waals surface area contributed by atoms with Crippen molar-refractivity contribution in [2.24, 2.45) is 0 Å². The Bertz CT molecular complexity index is 459. The van der Waals surface area contributed by atoms with E-state index in [0.717, 1.165) is 0 Å². The van der Waals surface area contributed by atoms with Crippen LogP contribution in [0.3, 0.4) is 0 Å². The fraction of sp³-hybridized carbons (Fsp3) is 0.636. The quantitative estimate of drug-likeness (QED) is 0.584. The number of aromatic amines is 1. The molecule has 2 heterocycles. The Morgan fingerprint density at radius 1 is 1.78 bits per heavy atom. The van der Waals surface area contributed by atoms with Gasteiger partial charge >= 0.3 is 0 Å². The number of nitrogen functional groups attached to an aromatic ring is 1. The first-order valence-corrected chi connectivity index (χ1v) is 5.86. The van der Waals surface area contributed by atoms with E-state index in [-0.39, 0.29) is 18.3 Å². The number of carbonyl (C=O) groups excluding carboxylic acids is 1. The van der Waals surface area contributed by atoms with Crippen LogP contribution in [0.15, 0.2) is 0 Å². The topological polar surface area (TPSA) is 113 Å². The highest BCUT2D eigenvalue weighted by atomic mass is 16.5. The minimum atomic E-state index is -1.02. The zero-order valence-electron chi connectivity index (χ0n) is 10.5. The fourth-order valence-corrected chi connectivity index (χ4v) is 1.93. The maximum absolute atomic E-state index is 11.9. The van der Waals surface area contributed by atoms with Gasteiger partial charge in [0.2, 0.25) is 0 Å². The second kappa shape index (κ2) is 4.58. The lowest BCUT2D eigenvalue weighted by atomic mass is 9.97. The molecule has 1 amide bonds. The third-order valence-corrected chi connectivity index (χ3v) is 3.42. The van der Waals surface area contributed by atoms with Gasteiger partial charge in [0.05, 0.1) is 17.5 Å². The van der Waals surface area contributed by atoms with E-state index in [0.29, 0.717) is 24.4 Å². The molecule has 7 nitrogen and oxygen atoms in total. The molecule has 0 spiro atoms. The van der Waals surface area contributed by atoms with Crippen LogP contribution >= 0.6 is 0 Å². The van der Waals surface area contributed by atoms with Crippen LogP contribution in [0.1, 0.15) is 29.5 Å². The van der Waals surface area contributed by atoms with Gasteiger partial charge in [-0.15, -0.1) is 0 Å². The summed E-state index contributed by atoms with van der Waals surface area (Å²) in [5, 5.41) is 19.3. The summed E-state index contributed by atoms with van der Waals surface area (Å²) in [5.41, 5.74) is 5.82. The molecule has 1 saturated heterocycles. The molecule has 1 aliphatic rings. The molecule has 0 radical (unpaired) electrons. The number of H-pyrrole nitrogens is 1. The van der Waals surface area contributed by atoms with Gasteiger partial charge in [0.15, 0.2) is 5.69 Å². The molecular weight excluding hydrogens is 236 g/mol. The lowest BCUT2D eigenvalue weighted by molar-refractivity contribution is -0.0251. The molecule has 100 valence electrons. The Morgan fingerprint density at radius 2 is 2.50 bits per heavy atom. The Hall–Kier alpha value is -1.60. The fourth-order valence-electron chi connectivity index (χ4n) is 1.93. The second-order valence-corrected chi connectivity index (χ2v) is 4.66. The van der Waals surface area contributed by atoms with E-state index in [9.17, 15) is 9.90 Å². The summed E-state index contributed by atoms with van der Waals surface area (Å²) in [6, 6.07) is 0. The predicted octanol–water partition coefficient (Wildman–Crippen LogP) is -0.430. The van der Waals surface area contributed by atoms with E-state index in [2.05, 4.69) is 15.5 Å². The van der Waals surface area contributed by atoms with Crippen molar-refractivity contribution in [3.63, 3.8) is 0 Å². The van der Waals surface area contributed by atoms with Crippen molar-refractivity contribution in [2.75, 3.05) is 18.9 Å². The highest BCUT2D eigenvalue weighted by molar-refractivity contribution is 5.97. The molecule has 2 atom stereocenters. The van der Waals surface area contributed by atoms with Gasteiger partial charge in [0.1, 0.15) is 5.60 Å². The number of aromatic nitrogens is 2. The van der Waals surface area contributed by atoms with E-state index in [4.69, 9.17) is 10.5 Å². The number of nitrogens with zero attached hydrogens (tertiary/aromatic N) is 1. The van der Waals surface area contributed by atoms with E-state index < -0.39 is 11.5 Å². The van der Waals surface area contributed by atoms with Gasteiger partial charge in [0, 0.05) is 19.6 Å². The summed E-state index contributed by atoms with van der Waals surface area (Å²) in [7, 11) is 0. The van der Waals surface area contributed by atoms with Gasteiger partial charge in [-0.3, -0.25) is 9.89 Å². The smallest absolute Gasteiger partial charge is 0.274 e. The van der Waals surface area contributed by atoms with Crippen molar-refractivity contribution in [3.8, 4) is 0 Å². The summed E-state index contributed by atoms with van der Waals surface area (Å²) in [4.78, 5) is 11.9. The number of nitrogens with one attached hydrogen (secondary N) is 2. The van der Waals surface area contributed by atoms with E-state index in [1.54, 1.807) is 13.8 Å². The van der Waals surface area contributed by atoms with E-state index in [1.807, 2.05) is 0 Å². The van der Waals surface area contributed by atoms with Crippen LogP contribution in [0.25, 0.3) is 0 Å². The summed E-state index contributed by atoms with van der Waals surface area (Å²) in [6.45, 7) is 4.14. The molecule has 5 N–H and O–H groups in total. The van der Waals surface area contributed by atoms with Crippen LogP contribution in [0.4, 0.5) is 5.69 Å². The summed E-state index contributed by atoms with van der Waals surface area (Å²) < 4.78 is 5.29.